The Morgan fingerprint density at radius 1 is 1.41 bits per heavy atom. The third-order valence-corrected chi connectivity index (χ3v) is 4.89. The van der Waals surface area contributed by atoms with E-state index in [0.717, 1.165) is 21.6 Å². The molecule has 6 nitrogen and oxygen atoms in total. The number of rotatable bonds is 2. The fourth-order valence-corrected chi connectivity index (χ4v) is 3.67. The summed E-state index contributed by atoms with van der Waals surface area (Å²) < 4.78 is 0. The van der Waals surface area contributed by atoms with Crippen LogP contribution >= 0.6 is 11.8 Å². The van der Waals surface area contributed by atoms with Gasteiger partial charge in [-0.2, -0.15) is 5.10 Å². The van der Waals surface area contributed by atoms with E-state index >= 15 is 0 Å². The minimum Gasteiger partial charge on any atom is -0.323 e. The van der Waals surface area contributed by atoms with Crippen molar-refractivity contribution >= 4 is 34.4 Å². The van der Waals surface area contributed by atoms with E-state index in [1.165, 1.54) is 0 Å². The van der Waals surface area contributed by atoms with Crippen molar-refractivity contribution in [2.24, 2.45) is 5.73 Å². The number of benzene rings is 1. The molecular weight excluding hydrogens is 298 g/mol. The molecule has 0 saturated heterocycles. The Morgan fingerprint density at radius 3 is 3.23 bits per heavy atom. The predicted octanol–water partition coefficient (Wildman–Crippen LogP) is 2.32. The summed E-state index contributed by atoms with van der Waals surface area (Å²) in [5.41, 5.74) is 9.08. The number of thioether (sulfide) groups is 1. The summed E-state index contributed by atoms with van der Waals surface area (Å²) in [6.45, 7) is 0. The summed E-state index contributed by atoms with van der Waals surface area (Å²) in [5, 5.41) is 10.4. The van der Waals surface area contributed by atoms with Crippen LogP contribution in [0.3, 0.4) is 0 Å². The van der Waals surface area contributed by atoms with E-state index in [1.807, 2.05) is 18.2 Å². The van der Waals surface area contributed by atoms with Gasteiger partial charge in [-0.3, -0.25) is 9.89 Å². The maximum absolute atomic E-state index is 12.5. The SMILES string of the molecule is N[C@H]1CSc2cc(C(=O)Nc3ccnc4[nH]ncc34)ccc21. The summed E-state index contributed by atoms with van der Waals surface area (Å²) in [5.74, 6) is 0.706. The Kier molecular flexibility index (Phi) is 3.09. The summed E-state index contributed by atoms with van der Waals surface area (Å²) >= 11 is 1.69. The first-order valence-corrected chi connectivity index (χ1v) is 7.83. The van der Waals surface area contributed by atoms with Crippen LogP contribution in [0.2, 0.25) is 0 Å². The molecule has 4 rings (SSSR count). The second-order valence-electron chi connectivity index (χ2n) is 5.12. The average Bonchev–Trinajstić information content (AvgIpc) is 3.14. The number of pyridine rings is 1. The van der Waals surface area contributed by atoms with Gasteiger partial charge in [-0.25, -0.2) is 4.98 Å². The molecule has 1 aromatic carbocycles. The fourth-order valence-electron chi connectivity index (χ4n) is 2.53. The molecule has 0 unspecified atom stereocenters. The molecule has 1 aliphatic rings. The summed E-state index contributed by atoms with van der Waals surface area (Å²) in [6, 6.07) is 7.47. The monoisotopic (exact) mass is 311 g/mol. The van der Waals surface area contributed by atoms with Crippen LogP contribution in [0.1, 0.15) is 22.0 Å². The molecule has 2 aromatic heterocycles. The standard InChI is InChI=1S/C15H13N5OS/c16-11-7-22-13-5-8(1-2-9(11)13)15(21)19-12-3-4-17-14-10(12)6-18-20-14/h1-6,11H,7,16H2,(H2,17,18,19,20,21)/t11-/m0/s1. The van der Waals surface area contributed by atoms with E-state index < -0.39 is 0 Å². The van der Waals surface area contributed by atoms with E-state index in [2.05, 4.69) is 20.5 Å². The number of aromatic nitrogens is 3. The van der Waals surface area contributed by atoms with Crippen molar-refractivity contribution in [2.45, 2.75) is 10.9 Å². The molecular formula is C15H13N5OS. The highest BCUT2D eigenvalue weighted by Gasteiger charge is 2.21. The van der Waals surface area contributed by atoms with Crippen molar-refractivity contribution in [3.05, 3.63) is 47.8 Å². The lowest BCUT2D eigenvalue weighted by Crippen LogP contribution is -2.13. The van der Waals surface area contributed by atoms with E-state index in [0.29, 0.717) is 16.9 Å². The van der Waals surface area contributed by atoms with Crippen LogP contribution in [0.4, 0.5) is 5.69 Å². The lowest BCUT2D eigenvalue weighted by Gasteiger charge is -2.08. The fraction of sp³-hybridized carbons (Fsp3) is 0.133. The molecule has 7 heteroatoms. The maximum atomic E-state index is 12.5. The van der Waals surface area contributed by atoms with Crippen LogP contribution in [0.5, 0.6) is 0 Å². The third-order valence-electron chi connectivity index (χ3n) is 3.70. The highest BCUT2D eigenvalue weighted by Crippen LogP contribution is 2.37. The molecule has 0 saturated carbocycles. The summed E-state index contributed by atoms with van der Waals surface area (Å²) in [4.78, 5) is 17.7. The zero-order valence-electron chi connectivity index (χ0n) is 11.5. The van der Waals surface area contributed by atoms with Gasteiger partial charge in [0.1, 0.15) is 0 Å². The number of fused-ring (bicyclic) bond motifs is 2. The van der Waals surface area contributed by atoms with E-state index in [-0.39, 0.29) is 11.9 Å². The number of nitrogens with two attached hydrogens (primary N) is 1. The lowest BCUT2D eigenvalue weighted by molar-refractivity contribution is 0.102. The van der Waals surface area contributed by atoms with Gasteiger partial charge >= 0.3 is 0 Å². The largest absolute Gasteiger partial charge is 0.323 e. The van der Waals surface area contributed by atoms with Crippen LogP contribution in [0, 0.1) is 0 Å². The van der Waals surface area contributed by atoms with Gasteiger partial charge in [0.15, 0.2) is 5.65 Å². The minimum absolute atomic E-state index is 0.0582. The van der Waals surface area contributed by atoms with Gasteiger partial charge in [0.05, 0.1) is 17.3 Å². The molecule has 1 aliphatic heterocycles. The molecule has 0 radical (unpaired) electrons. The first-order valence-electron chi connectivity index (χ1n) is 6.84. The quantitative estimate of drug-likeness (QED) is 0.675. The van der Waals surface area contributed by atoms with Gasteiger partial charge < -0.3 is 11.1 Å². The lowest BCUT2D eigenvalue weighted by atomic mass is 10.1. The second kappa shape index (κ2) is 5.11. The second-order valence-corrected chi connectivity index (χ2v) is 6.18. The molecule has 0 spiro atoms. The topological polar surface area (TPSA) is 96.7 Å². The highest BCUT2D eigenvalue weighted by molar-refractivity contribution is 7.99. The van der Waals surface area contributed by atoms with Crippen LogP contribution in [0.25, 0.3) is 11.0 Å². The Balaban J connectivity index is 1.64. The number of nitrogens with zero attached hydrogens (tertiary/aromatic N) is 2. The van der Waals surface area contributed by atoms with Gasteiger partial charge in [-0.15, -0.1) is 11.8 Å². The molecule has 3 aromatic rings. The number of nitrogens with one attached hydrogen (secondary N) is 2. The minimum atomic E-state index is -0.155. The van der Waals surface area contributed by atoms with Crippen molar-refractivity contribution in [1.82, 2.24) is 15.2 Å². The Labute approximate surface area is 130 Å². The molecule has 1 amide bonds. The van der Waals surface area contributed by atoms with E-state index in [1.54, 1.807) is 30.2 Å². The van der Waals surface area contributed by atoms with Gasteiger partial charge in [-0.05, 0) is 23.8 Å². The molecule has 0 fully saturated rings. The van der Waals surface area contributed by atoms with Crippen molar-refractivity contribution in [3.8, 4) is 0 Å². The molecule has 0 aliphatic carbocycles. The average molecular weight is 311 g/mol. The number of hydrogen-bond acceptors (Lipinski definition) is 5. The normalized spacial score (nSPS) is 16.7. The molecule has 4 N–H and O–H groups in total. The van der Waals surface area contributed by atoms with Gasteiger partial charge in [-0.1, -0.05) is 6.07 Å². The predicted molar refractivity (Wildman–Crippen MR) is 85.9 cm³/mol. The summed E-state index contributed by atoms with van der Waals surface area (Å²) in [7, 11) is 0. The molecule has 3 heterocycles. The summed E-state index contributed by atoms with van der Waals surface area (Å²) in [6.07, 6.45) is 3.28. The molecule has 1 atom stereocenters. The number of amides is 1. The Morgan fingerprint density at radius 2 is 2.32 bits per heavy atom. The maximum Gasteiger partial charge on any atom is 0.255 e. The highest BCUT2D eigenvalue weighted by atomic mass is 32.2. The van der Waals surface area contributed by atoms with Gasteiger partial charge in [0.25, 0.3) is 5.91 Å². The Bertz CT molecular complexity index is 875. The molecule has 22 heavy (non-hydrogen) atoms. The number of H-pyrrole nitrogens is 1. The van der Waals surface area contributed by atoms with Crippen molar-refractivity contribution in [2.75, 3.05) is 11.1 Å². The first kappa shape index (κ1) is 13.3. The first-order chi connectivity index (χ1) is 10.7. The number of carbonyl (C=O) groups excluding carboxylic acids is 1. The number of aromatic amines is 1. The van der Waals surface area contributed by atoms with E-state index in [4.69, 9.17) is 5.73 Å². The van der Waals surface area contributed by atoms with Crippen LogP contribution < -0.4 is 11.1 Å². The number of anilines is 1. The number of hydrogen-bond donors (Lipinski definition) is 3. The van der Waals surface area contributed by atoms with Crippen LogP contribution in [0.15, 0.2) is 41.6 Å². The van der Waals surface area contributed by atoms with E-state index in [9.17, 15) is 4.79 Å². The van der Waals surface area contributed by atoms with Crippen molar-refractivity contribution < 1.29 is 4.79 Å². The van der Waals surface area contributed by atoms with Crippen LogP contribution in [-0.4, -0.2) is 26.8 Å². The third kappa shape index (κ3) is 2.15. The van der Waals surface area contributed by atoms with Crippen molar-refractivity contribution in [3.63, 3.8) is 0 Å². The van der Waals surface area contributed by atoms with Crippen molar-refractivity contribution in [1.29, 1.82) is 0 Å². The zero-order valence-corrected chi connectivity index (χ0v) is 12.4. The van der Waals surface area contributed by atoms with Gasteiger partial charge in [0, 0.05) is 28.5 Å². The number of carbonyl (C=O) groups is 1. The zero-order chi connectivity index (χ0) is 15.1. The Hall–Kier alpha value is -2.38. The molecule has 110 valence electrons. The van der Waals surface area contributed by atoms with Gasteiger partial charge in [0.2, 0.25) is 0 Å². The smallest absolute Gasteiger partial charge is 0.255 e. The molecule has 0 bridgehead atoms. The van der Waals surface area contributed by atoms with Crippen LogP contribution in [-0.2, 0) is 0 Å².